The van der Waals surface area contributed by atoms with E-state index < -0.39 is 0 Å². The lowest BCUT2D eigenvalue weighted by atomic mass is 9.68. The van der Waals surface area contributed by atoms with Gasteiger partial charge < -0.3 is 0 Å². The molecule has 0 N–H and O–H groups in total. The molecule has 0 bridgehead atoms. The number of carbonyl (C=O) groups is 1. The maximum atomic E-state index is 14.4. The predicted molar refractivity (Wildman–Crippen MR) is 146 cm³/mol. The Balaban J connectivity index is 1.53. The first-order valence-electron chi connectivity index (χ1n) is 12.3. The lowest BCUT2D eigenvalue weighted by Gasteiger charge is -2.36. The second kappa shape index (κ2) is 9.38. The van der Waals surface area contributed by atoms with Crippen LogP contribution in [0.4, 0.5) is 0 Å². The summed E-state index contributed by atoms with van der Waals surface area (Å²) in [7, 11) is 0. The summed E-state index contributed by atoms with van der Waals surface area (Å²) in [5.74, 6) is 0.186. The van der Waals surface area contributed by atoms with E-state index in [0.29, 0.717) is 16.4 Å². The van der Waals surface area contributed by atoms with E-state index in [-0.39, 0.29) is 28.3 Å². The Morgan fingerprint density at radius 1 is 0.944 bits per heavy atom. The summed E-state index contributed by atoms with van der Waals surface area (Å²) >= 11 is 7.43. The van der Waals surface area contributed by atoms with Gasteiger partial charge in [0.15, 0.2) is 5.82 Å². The third-order valence-electron chi connectivity index (χ3n) is 7.42. The highest BCUT2D eigenvalue weighted by Gasteiger charge is 2.45. The average Bonchev–Trinajstić information content (AvgIpc) is 3.36. The molecule has 2 aliphatic rings. The number of para-hydroxylation sites is 1. The summed E-state index contributed by atoms with van der Waals surface area (Å²) in [6, 6.07) is 25.0. The van der Waals surface area contributed by atoms with Gasteiger partial charge in [-0.05, 0) is 61.2 Å². The highest BCUT2D eigenvalue weighted by atomic mass is 35.5. The zero-order chi connectivity index (χ0) is 24.7. The largest absolute Gasteiger partial charge is 0.290 e. The van der Waals surface area contributed by atoms with Gasteiger partial charge >= 0.3 is 0 Å². The van der Waals surface area contributed by atoms with Crippen LogP contribution in [0.15, 0.2) is 88.6 Å². The highest BCUT2D eigenvalue weighted by Crippen LogP contribution is 2.49. The number of aromatic nitrogens is 2. The monoisotopic (exact) mass is 512 g/mol. The molecule has 6 heteroatoms. The zero-order valence-electron chi connectivity index (χ0n) is 19.7. The summed E-state index contributed by atoms with van der Waals surface area (Å²) in [4.78, 5) is 34.0. The van der Waals surface area contributed by atoms with Gasteiger partial charge in [-0.15, -0.1) is 11.8 Å². The molecule has 3 aromatic carbocycles. The second-order valence-corrected chi connectivity index (χ2v) is 11.1. The van der Waals surface area contributed by atoms with Crippen molar-refractivity contribution in [2.75, 3.05) is 5.75 Å². The number of carbonyl (C=O) groups excluding carboxylic acids is 1. The molecule has 6 rings (SSSR count). The number of ketones is 1. The Hall–Kier alpha value is -3.15. The molecule has 0 aliphatic heterocycles. The van der Waals surface area contributed by atoms with E-state index in [1.165, 1.54) is 17.3 Å². The zero-order valence-corrected chi connectivity index (χ0v) is 21.3. The van der Waals surface area contributed by atoms with Crippen molar-refractivity contribution in [2.45, 2.75) is 42.4 Å². The lowest BCUT2D eigenvalue weighted by molar-refractivity contribution is 0.100. The van der Waals surface area contributed by atoms with Crippen LogP contribution in [-0.4, -0.2) is 21.1 Å². The molecule has 1 aromatic heterocycles. The topological polar surface area (TPSA) is 52.0 Å². The summed E-state index contributed by atoms with van der Waals surface area (Å²) < 4.78 is 1.55. The van der Waals surface area contributed by atoms with Crippen molar-refractivity contribution in [2.24, 2.45) is 0 Å². The van der Waals surface area contributed by atoms with Crippen LogP contribution in [0.25, 0.3) is 16.9 Å². The molecule has 1 saturated carbocycles. The Morgan fingerprint density at radius 3 is 2.39 bits per heavy atom. The third-order valence-corrected chi connectivity index (χ3v) is 8.69. The molecular formula is C30H25ClN2O2S. The normalized spacial score (nSPS) is 15.5. The van der Waals surface area contributed by atoms with Crippen molar-refractivity contribution in [1.82, 2.24) is 9.55 Å². The van der Waals surface area contributed by atoms with Crippen LogP contribution < -0.4 is 5.56 Å². The van der Waals surface area contributed by atoms with Crippen molar-refractivity contribution in [3.8, 4) is 16.9 Å². The molecule has 4 aromatic rings. The lowest BCUT2D eigenvalue weighted by Crippen LogP contribution is -2.41. The van der Waals surface area contributed by atoms with Gasteiger partial charge in [0, 0.05) is 20.9 Å². The quantitative estimate of drug-likeness (QED) is 0.216. The fourth-order valence-corrected chi connectivity index (χ4v) is 6.66. The maximum Gasteiger partial charge on any atom is 0.262 e. The number of hydrogen-bond donors (Lipinski definition) is 0. The molecule has 0 amide bonds. The van der Waals surface area contributed by atoms with E-state index in [0.717, 1.165) is 48.1 Å². The molecule has 0 radical (unpaired) electrons. The Labute approximate surface area is 219 Å². The predicted octanol–water partition coefficient (Wildman–Crippen LogP) is 6.90. The van der Waals surface area contributed by atoms with Gasteiger partial charge in [0.05, 0.1) is 22.7 Å². The number of nitrogens with zero attached hydrogens (tertiary/aromatic N) is 2. The number of Topliss-reactive ketones (excluding diaryl/α,β-unsaturated/α-hetero) is 1. The summed E-state index contributed by atoms with van der Waals surface area (Å²) in [6.07, 6.45) is 5.00. The minimum Gasteiger partial charge on any atom is -0.290 e. The van der Waals surface area contributed by atoms with Crippen LogP contribution in [0, 0.1) is 0 Å². The molecule has 180 valence electrons. The van der Waals surface area contributed by atoms with Gasteiger partial charge in [-0.2, -0.15) is 0 Å². The summed E-state index contributed by atoms with van der Waals surface area (Å²) in [5.41, 5.74) is 4.00. The van der Waals surface area contributed by atoms with E-state index in [1.54, 1.807) is 4.57 Å². The van der Waals surface area contributed by atoms with Gasteiger partial charge in [0.25, 0.3) is 5.56 Å². The van der Waals surface area contributed by atoms with E-state index in [2.05, 4.69) is 6.07 Å². The van der Waals surface area contributed by atoms with Gasteiger partial charge in [-0.25, -0.2) is 4.98 Å². The van der Waals surface area contributed by atoms with Crippen LogP contribution in [-0.2, 0) is 11.8 Å². The molecule has 1 spiro atoms. The van der Waals surface area contributed by atoms with Gasteiger partial charge in [0.2, 0.25) is 5.78 Å². The van der Waals surface area contributed by atoms with E-state index in [9.17, 15) is 9.59 Å². The van der Waals surface area contributed by atoms with Gasteiger partial charge in [0.1, 0.15) is 0 Å². The maximum absolute atomic E-state index is 14.4. The van der Waals surface area contributed by atoms with Crippen LogP contribution in [0.1, 0.15) is 47.4 Å². The molecule has 0 unspecified atom stereocenters. The Bertz CT molecular complexity index is 1510. The number of halogens is 1. The smallest absolute Gasteiger partial charge is 0.262 e. The van der Waals surface area contributed by atoms with Crippen LogP contribution in [0.2, 0.25) is 5.02 Å². The summed E-state index contributed by atoms with van der Waals surface area (Å²) in [6.45, 7) is 0. The number of benzene rings is 3. The second-order valence-electron chi connectivity index (χ2n) is 9.62. The molecule has 2 aliphatic carbocycles. The van der Waals surface area contributed by atoms with Crippen LogP contribution in [0.3, 0.4) is 0 Å². The molecule has 0 saturated heterocycles. The number of rotatable bonds is 5. The third kappa shape index (κ3) is 4.00. The van der Waals surface area contributed by atoms with Gasteiger partial charge in [-0.3, -0.25) is 14.2 Å². The fraction of sp³-hybridized carbons (Fsp3) is 0.233. The van der Waals surface area contributed by atoms with Crippen molar-refractivity contribution in [3.63, 3.8) is 0 Å². The number of hydrogen-bond acceptors (Lipinski definition) is 4. The van der Waals surface area contributed by atoms with Crippen LogP contribution in [0.5, 0.6) is 0 Å². The molecule has 1 fully saturated rings. The first-order valence-corrected chi connectivity index (χ1v) is 13.6. The summed E-state index contributed by atoms with van der Waals surface area (Å²) in [5, 5.41) is 0.652. The fourth-order valence-electron chi connectivity index (χ4n) is 5.78. The molecule has 1 heterocycles. The molecule has 0 atom stereocenters. The van der Waals surface area contributed by atoms with E-state index in [1.807, 2.05) is 72.8 Å². The van der Waals surface area contributed by atoms with Crippen molar-refractivity contribution < 1.29 is 4.79 Å². The number of thioether (sulfide) groups is 1. The average molecular weight is 513 g/mol. The molecular weight excluding hydrogens is 488 g/mol. The van der Waals surface area contributed by atoms with E-state index >= 15 is 0 Å². The standard InChI is InChI=1S/C30H25ClN2O2S/c31-21-12-14-23(15-13-21)36-19-25(34)28-32-27-24-11-5-4-8-20(24)18-30(16-6-7-17-30)26(27)29(35)33(28)22-9-2-1-3-10-22/h1-5,8-15H,6-7,16-19H2. The van der Waals surface area contributed by atoms with Crippen LogP contribution >= 0.6 is 23.4 Å². The first-order chi connectivity index (χ1) is 17.6. The number of fused-ring (bicyclic) bond motifs is 4. The van der Waals surface area contributed by atoms with Gasteiger partial charge in [-0.1, -0.05) is 66.9 Å². The molecule has 36 heavy (non-hydrogen) atoms. The highest BCUT2D eigenvalue weighted by molar-refractivity contribution is 8.00. The van der Waals surface area contributed by atoms with Crippen molar-refractivity contribution >= 4 is 29.1 Å². The minimum atomic E-state index is -0.218. The Morgan fingerprint density at radius 2 is 1.64 bits per heavy atom. The minimum absolute atomic E-state index is 0.109. The first kappa shape index (κ1) is 23.3. The molecule has 4 nitrogen and oxygen atoms in total. The Kier molecular flexibility index (Phi) is 6.06. The van der Waals surface area contributed by atoms with Crippen molar-refractivity contribution in [3.05, 3.63) is 111 Å². The van der Waals surface area contributed by atoms with Crippen molar-refractivity contribution in [1.29, 1.82) is 0 Å². The van der Waals surface area contributed by atoms with E-state index in [4.69, 9.17) is 16.6 Å². The SMILES string of the molecule is O=C(CSc1ccc(Cl)cc1)c1nc2c(c(=O)n1-c1ccccc1)C1(CCCC1)Cc1ccccc1-2.